The largest absolute Gasteiger partial charge is 0.328 e. The summed E-state index contributed by atoms with van der Waals surface area (Å²) in [5, 5.41) is 0.983. The van der Waals surface area contributed by atoms with Crippen LogP contribution in [0.25, 0.3) is 0 Å². The van der Waals surface area contributed by atoms with Gasteiger partial charge in [-0.15, -0.1) is 0 Å². The molecule has 1 aliphatic heterocycles. The molecule has 1 aromatic carbocycles. The van der Waals surface area contributed by atoms with Gasteiger partial charge in [0.2, 0.25) is 5.91 Å². The highest BCUT2D eigenvalue weighted by Crippen LogP contribution is 2.28. The van der Waals surface area contributed by atoms with Gasteiger partial charge >= 0.3 is 0 Å². The van der Waals surface area contributed by atoms with Crippen LogP contribution in [0.1, 0.15) is 12.5 Å². The minimum absolute atomic E-state index is 0.0720. The van der Waals surface area contributed by atoms with E-state index in [0.717, 1.165) is 16.3 Å². The maximum absolute atomic E-state index is 12.8. The van der Waals surface area contributed by atoms with Crippen LogP contribution in [-0.4, -0.2) is 24.9 Å². The number of rotatable bonds is 3. The second-order valence-electron chi connectivity index (χ2n) is 6.48. The number of hydrogen-bond donors (Lipinski definition) is 0. The lowest BCUT2D eigenvalue weighted by Crippen LogP contribution is -2.47. The van der Waals surface area contributed by atoms with E-state index in [1.807, 2.05) is 29.2 Å². The van der Waals surface area contributed by atoms with Gasteiger partial charge in [-0.1, -0.05) is 62.6 Å². The number of carbonyl (C=O) groups is 1. The molecular weight excluding hydrogens is 262 g/mol. The van der Waals surface area contributed by atoms with Gasteiger partial charge in [0.1, 0.15) is 0 Å². The fourth-order valence-electron chi connectivity index (χ4n) is 2.42. The molecule has 1 heterocycles. The predicted molar refractivity (Wildman–Crippen MR) is 87.0 cm³/mol. The first-order chi connectivity index (χ1) is 9.30. The van der Waals surface area contributed by atoms with Crippen molar-refractivity contribution in [2.45, 2.75) is 39.2 Å². The summed E-state index contributed by atoms with van der Waals surface area (Å²) in [6.07, 6.45) is 2.03. The number of carbonyl (C=O) groups excluding carboxylic acids is 1. The van der Waals surface area contributed by atoms with Crippen molar-refractivity contribution in [2.24, 2.45) is 0 Å². The van der Waals surface area contributed by atoms with Gasteiger partial charge in [-0.05, 0) is 18.1 Å². The van der Waals surface area contributed by atoms with Gasteiger partial charge in [-0.3, -0.25) is 4.79 Å². The first kappa shape index (κ1) is 14.8. The maximum Gasteiger partial charge on any atom is 0.246 e. The number of hydrogen-bond acceptors (Lipinski definition) is 1. The molecule has 0 aromatic heterocycles. The first-order valence-electron chi connectivity index (χ1n) is 7.06. The maximum atomic E-state index is 12.8. The normalized spacial score (nSPS) is 20.1. The summed E-state index contributed by atoms with van der Waals surface area (Å²) in [7, 11) is -1.64. The summed E-state index contributed by atoms with van der Waals surface area (Å²) in [5.41, 5.74) is 2.20. The van der Waals surface area contributed by atoms with Crippen molar-refractivity contribution in [1.29, 1.82) is 0 Å². The Morgan fingerprint density at radius 3 is 2.35 bits per heavy atom. The molecule has 1 unspecified atom stereocenters. The molecule has 0 saturated heterocycles. The van der Waals surface area contributed by atoms with Crippen LogP contribution in [0.4, 0.5) is 0 Å². The number of amides is 1. The predicted octanol–water partition coefficient (Wildman–Crippen LogP) is 3.78. The highest BCUT2D eigenvalue weighted by atomic mass is 28.3. The van der Waals surface area contributed by atoms with E-state index in [-0.39, 0.29) is 11.9 Å². The first-order valence-corrected chi connectivity index (χ1v) is 10.6. The summed E-state index contributed by atoms with van der Waals surface area (Å²) < 4.78 is 0. The standard InChI is InChI=1S/C17H23NOSi/c1-13-11-16(20(3,4)5)17(19)18(14(13)2)12-15-9-7-6-8-10-15/h6-11,14H,1,12H2,2-5H3. The lowest BCUT2D eigenvalue weighted by molar-refractivity contribution is -0.128. The summed E-state index contributed by atoms with van der Waals surface area (Å²) in [6, 6.07) is 10.2. The van der Waals surface area contributed by atoms with Crippen LogP contribution in [0.2, 0.25) is 19.6 Å². The lowest BCUT2D eigenvalue weighted by Gasteiger charge is -2.37. The SMILES string of the molecule is C=C1C=C([Si](C)(C)C)C(=O)N(Cc2ccccc2)C1C. The molecule has 1 atom stereocenters. The van der Waals surface area contributed by atoms with Gasteiger partial charge < -0.3 is 4.90 Å². The van der Waals surface area contributed by atoms with E-state index in [1.54, 1.807) is 0 Å². The fraction of sp³-hybridized carbons (Fsp3) is 0.353. The van der Waals surface area contributed by atoms with Crippen molar-refractivity contribution in [2.75, 3.05) is 0 Å². The van der Waals surface area contributed by atoms with Gasteiger partial charge in [0.25, 0.3) is 0 Å². The third-order valence-corrected chi connectivity index (χ3v) is 5.80. The highest BCUT2D eigenvalue weighted by molar-refractivity contribution is 6.87. The van der Waals surface area contributed by atoms with Crippen LogP contribution in [0.3, 0.4) is 0 Å². The summed E-state index contributed by atoms with van der Waals surface area (Å²) in [5.74, 6) is 0.188. The van der Waals surface area contributed by atoms with Crippen LogP contribution in [0.5, 0.6) is 0 Å². The molecule has 0 N–H and O–H groups in total. The molecular formula is C17H23NOSi. The number of nitrogens with zero attached hydrogens (tertiary/aromatic N) is 1. The molecule has 0 saturated carbocycles. The minimum Gasteiger partial charge on any atom is -0.328 e. The monoisotopic (exact) mass is 285 g/mol. The van der Waals surface area contributed by atoms with Crippen molar-refractivity contribution in [3.05, 3.63) is 59.3 Å². The van der Waals surface area contributed by atoms with E-state index in [2.05, 4.69) is 45.3 Å². The Labute approximate surface area is 122 Å². The minimum atomic E-state index is -1.64. The Hall–Kier alpha value is -1.61. The molecule has 2 nitrogen and oxygen atoms in total. The van der Waals surface area contributed by atoms with Crippen LogP contribution in [0, 0.1) is 0 Å². The van der Waals surface area contributed by atoms with E-state index in [9.17, 15) is 4.79 Å². The molecule has 0 spiro atoms. The Morgan fingerprint density at radius 2 is 1.80 bits per heavy atom. The van der Waals surface area contributed by atoms with E-state index in [1.165, 1.54) is 0 Å². The van der Waals surface area contributed by atoms with E-state index in [4.69, 9.17) is 0 Å². The van der Waals surface area contributed by atoms with Crippen LogP contribution >= 0.6 is 0 Å². The zero-order valence-electron chi connectivity index (χ0n) is 12.8. The third kappa shape index (κ3) is 2.93. The van der Waals surface area contributed by atoms with Gasteiger partial charge in [0.15, 0.2) is 0 Å². The van der Waals surface area contributed by atoms with E-state index in [0.29, 0.717) is 6.54 Å². The van der Waals surface area contributed by atoms with Crippen molar-refractivity contribution in [3.63, 3.8) is 0 Å². The van der Waals surface area contributed by atoms with Crippen molar-refractivity contribution < 1.29 is 4.79 Å². The van der Waals surface area contributed by atoms with Gasteiger partial charge in [0, 0.05) is 11.7 Å². The van der Waals surface area contributed by atoms with Gasteiger partial charge in [-0.25, -0.2) is 0 Å². The topological polar surface area (TPSA) is 20.3 Å². The molecule has 20 heavy (non-hydrogen) atoms. The van der Waals surface area contributed by atoms with E-state index < -0.39 is 8.07 Å². The molecule has 0 bridgehead atoms. The third-order valence-electron chi connectivity index (χ3n) is 3.83. The average molecular weight is 285 g/mol. The molecule has 2 rings (SSSR count). The number of benzene rings is 1. The zero-order chi connectivity index (χ0) is 14.9. The van der Waals surface area contributed by atoms with E-state index >= 15 is 0 Å². The molecule has 1 amide bonds. The van der Waals surface area contributed by atoms with Crippen molar-refractivity contribution in [3.8, 4) is 0 Å². The molecule has 1 aromatic rings. The molecule has 1 aliphatic rings. The Kier molecular flexibility index (Phi) is 4.00. The summed E-state index contributed by atoms with van der Waals surface area (Å²) in [6.45, 7) is 13.5. The van der Waals surface area contributed by atoms with Gasteiger partial charge in [0.05, 0.1) is 14.1 Å². The molecule has 3 heteroatoms. The second-order valence-corrected chi connectivity index (χ2v) is 11.5. The van der Waals surface area contributed by atoms with Crippen LogP contribution in [-0.2, 0) is 11.3 Å². The van der Waals surface area contributed by atoms with Crippen LogP contribution in [0.15, 0.2) is 53.8 Å². The van der Waals surface area contributed by atoms with Crippen molar-refractivity contribution >= 4 is 14.0 Å². The Morgan fingerprint density at radius 1 is 1.20 bits per heavy atom. The molecule has 0 fully saturated rings. The molecule has 0 radical (unpaired) electrons. The Balaban J connectivity index is 2.32. The second kappa shape index (κ2) is 5.41. The lowest BCUT2D eigenvalue weighted by atomic mass is 10.0. The quantitative estimate of drug-likeness (QED) is 0.774. The highest BCUT2D eigenvalue weighted by Gasteiger charge is 2.35. The summed E-state index contributed by atoms with van der Waals surface area (Å²) >= 11 is 0. The zero-order valence-corrected chi connectivity index (χ0v) is 13.8. The van der Waals surface area contributed by atoms with Gasteiger partial charge in [-0.2, -0.15) is 0 Å². The average Bonchev–Trinajstić information content (AvgIpc) is 2.39. The Bertz CT molecular complexity index is 554. The fourth-order valence-corrected chi connectivity index (χ4v) is 3.83. The van der Waals surface area contributed by atoms with Crippen molar-refractivity contribution in [1.82, 2.24) is 4.90 Å². The smallest absolute Gasteiger partial charge is 0.246 e. The van der Waals surface area contributed by atoms with Crippen LogP contribution < -0.4 is 0 Å². The molecule has 0 aliphatic carbocycles. The molecule has 106 valence electrons. The summed E-state index contributed by atoms with van der Waals surface area (Å²) in [4.78, 5) is 14.7.